The summed E-state index contributed by atoms with van der Waals surface area (Å²) in [5, 5.41) is 3.73. The van der Waals surface area contributed by atoms with E-state index in [1.165, 1.54) is 16.9 Å². The first-order valence-corrected chi connectivity index (χ1v) is 12.5. The van der Waals surface area contributed by atoms with Crippen molar-refractivity contribution in [2.45, 2.75) is 51.3 Å². The Morgan fingerprint density at radius 2 is 1.72 bits per heavy atom. The average Bonchev–Trinajstić information content (AvgIpc) is 3.21. The van der Waals surface area contributed by atoms with Crippen molar-refractivity contribution in [2.75, 3.05) is 6.26 Å². The third kappa shape index (κ3) is 6.83. The number of halogens is 1. The molecule has 3 aromatic rings. The Morgan fingerprint density at radius 3 is 2.38 bits per heavy atom. The number of carbonyl (C=O) groups excluding carboxylic acids is 1. The van der Waals surface area contributed by atoms with Gasteiger partial charge in [0.2, 0.25) is 0 Å². The van der Waals surface area contributed by atoms with Gasteiger partial charge >= 0.3 is 0 Å². The molecule has 0 saturated carbocycles. The van der Waals surface area contributed by atoms with Crippen LogP contribution in [0.5, 0.6) is 0 Å². The third-order valence-corrected chi connectivity index (χ3v) is 6.02. The minimum Gasteiger partial charge on any atom is -0.348 e. The highest BCUT2D eigenvalue weighted by Gasteiger charge is 2.21. The van der Waals surface area contributed by atoms with E-state index in [4.69, 9.17) is 11.6 Å². The lowest BCUT2D eigenvalue weighted by Crippen LogP contribution is -2.23. The van der Waals surface area contributed by atoms with Gasteiger partial charge in [0.15, 0.2) is 0 Å². The van der Waals surface area contributed by atoms with Crippen LogP contribution < -0.4 is 5.32 Å². The summed E-state index contributed by atoms with van der Waals surface area (Å²) in [5.41, 5.74) is 5.07. The lowest BCUT2D eigenvalue weighted by atomic mass is 10.1. The van der Waals surface area contributed by atoms with E-state index >= 15 is 0 Å². The molecule has 2 heterocycles. The van der Waals surface area contributed by atoms with E-state index in [1.807, 2.05) is 48.7 Å². The number of fused-ring (bicyclic) bond motifs is 1. The average molecular weight is 468 g/mol. The molecule has 4 rings (SSSR count). The number of hydrogen-bond donors (Lipinski definition) is 1. The number of thioether (sulfide) groups is 1. The van der Waals surface area contributed by atoms with Gasteiger partial charge in [0.05, 0.1) is 11.3 Å². The molecule has 1 aliphatic rings. The lowest BCUT2D eigenvalue weighted by molar-refractivity contribution is 0.0950. The first kappa shape index (κ1) is 24.3. The standard InChI is InChI=1S/C23H22ClN3OS.C3H8/c1-29-21-8-4-16(5-9-21)11-26-23(28)18-10-19-14-27(15-22(19)25-12-18)13-17-2-6-20(24)7-3-17;1-3-2/h2-10,12H,11,13-15H2,1H3,(H,26,28);3H2,1-2H3. The van der Waals surface area contributed by atoms with Crippen LogP contribution in [-0.2, 0) is 26.2 Å². The summed E-state index contributed by atoms with van der Waals surface area (Å²) in [6, 6.07) is 18.1. The van der Waals surface area contributed by atoms with Gasteiger partial charge < -0.3 is 5.32 Å². The highest BCUT2D eigenvalue weighted by atomic mass is 35.5. The molecule has 0 spiro atoms. The predicted octanol–water partition coefficient (Wildman–Crippen LogP) is 6.32. The molecule has 1 N–H and O–H groups in total. The molecule has 2 aromatic carbocycles. The number of benzene rings is 2. The van der Waals surface area contributed by atoms with Gasteiger partial charge in [-0.1, -0.05) is 56.1 Å². The maximum atomic E-state index is 12.6. The Morgan fingerprint density at radius 1 is 1.06 bits per heavy atom. The van der Waals surface area contributed by atoms with Crippen molar-refractivity contribution in [3.05, 3.63) is 93.8 Å². The number of nitrogens with one attached hydrogen (secondary N) is 1. The van der Waals surface area contributed by atoms with Crippen LogP contribution in [0, 0.1) is 0 Å². The molecular weight excluding hydrogens is 438 g/mol. The summed E-state index contributed by atoms with van der Waals surface area (Å²) in [5.74, 6) is -0.0922. The maximum absolute atomic E-state index is 12.6. The maximum Gasteiger partial charge on any atom is 0.253 e. The third-order valence-electron chi connectivity index (χ3n) is 5.02. The zero-order valence-electron chi connectivity index (χ0n) is 18.9. The zero-order chi connectivity index (χ0) is 22.9. The fourth-order valence-electron chi connectivity index (χ4n) is 3.44. The quantitative estimate of drug-likeness (QED) is 0.431. The Bertz CT molecular complexity index is 1020. The molecule has 1 aliphatic heterocycles. The van der Waals surface area contributed by atoms with Gasteiger partial charge in [0.25, 0.3) is 5.91 Å². The van der Waals surface area contributed by atoms with Crippen molar-refractivity contribution in [1.82, 2.24) is 15.2 Å². The van der Waals surface area contributed by atoms with E-state index in [0.717, 1.165) is 41.5 Å². The van der Waals surface area contributed by atoms with E-state index < -0.39 is 0 Å². The van der Waals surface area contributed by atoms with E-state index in [-0.39, 0.29) is 5.91 Å². The van der Waals surface area contributed by atoms with Gasteiger partial charge in [-0.25, -0.2) is 0 Å². The van der Waals surface area contributed by atoms with E-state index in [2.05, 4.69) is 41.2 Å². The molecule has 168 valence electrons. The number of aromatic nitrogens is 1. The Labute approximate surface area is 200 Å². The number of carbonyl (C=O) groups is 1. The van der Waals surface area contributed by atoms with Crippen LogP contribution in [0.4, 0.5) is 0 Å². The molecule has 4 nitrogen and oxygen atoms in total. The smallest absolute Gasteiger partial charge is 0.253 e. The summed E-state index contributed by atoms with van der Waals surface area (Å²) >= 11 is 7.67. The van der Waals surface area contributed by atoms with Crippen LogP contribution in [0.25, 0.3) is 0 Å². The second kappa shape index (κ2) is 12.0. The highest BCUT2D eigenvalue weighted by Crippen LogP contribution is 2.24. The number of hydrogen-bond acceptors (Lipinski definition) is 4. The number of pyridine rings is 1. The van der Waals surface area contributed by atoms with Gasteiger partial charge in [0, 0.05) is 42.3 Å². The van der Waals surface area contributed by atoms with Crippen LogP contribution in [0.15, 0.2) is 65.7 Å². The predicted molar refractivity (Wildman–Crippen MR) is 134 cm³/mol. The van der Waals surface area contributed by atoms with Gasteiger partial charge in [-0.15, -0.1) is 11.8 Å². The summed E-state index contributed by atoms with van der Waals surface area (Å²) in [6.07, 6.45) is 4.98. The summed E-state index contributed by atoms with van der Waals surface area (Å²) in [6.45, 7) is 7.18. The van der Waals surface area contributed by atoms with Crippen molar-refractivity contribution in [3.8, 4) is 0 Å². The van der Waals surface area contributed by atoms with Crippen LogP contribution in [-0.4, -0.2) is 22.0 Å². The van der Waals surface area contributed by atoms with Crippen LogP contribution >= 0.6 is 23.4 Å². The topological polar surface area (TPSA) is 45.2 Å². The molecule has 0 aliphatic carbocycles. The molecule has 1 amide bonds. The number of rotatable bonds is 6. The molecule has 0 bridgehead atoms. The zero-order valence-corrected chi connectivity index (χ0v) is 20.5. The van der Waals surface area contributed by atoms with Gasteiger partial charge in [-0.05, 0) is 53.3 Å². The molecule has 0 atom stereocenters. The van der Waals surface area contributed by atoms with Gasteiger partial charge in [0.1, 0.15) is 0 Å². The summed E-state index contributed by atoms with van der Waals surface area (Å²) in [4.78, 5) is 20.6. The molecule has 0 radical (unpaired) electrons. The monoisotopic (exact) mass is 467 g/mol. The molecule has 6 heteroatoms. The van der Waals surface area contributed by atoms with Crippen LogP contribution in [0.1, 0.15) is 53.0 Å². The van der Waals surface area contributed by atoms with E-state index in [0.29, 0.717) is 12.1 Å². The van der Waals surface area contributed by atoms with E-state index in [9.17, 15) is 4.79 Å². The first-order valence-electron chi connectivity index (χ1n) is 10.9. The molecule has 32 heavy (non-hydrogen) atoms. The summed E-state index contributed by atoms with van der Waals surface area (Å²) in [7, 11) is 0. The Hall–Kier alpha value is -2.34. The number of amides is 1. The van der Waals surface area contributed by atoms with E-state index in [1.54, 1.807) is 18.0 Å². The normalized spacial score (nSPS) is 12.6. The van der Waals surface area contributed by atoms with Crippen molar-refractivity contribution >= 4 is 29.3 Å². The largest absolute Gasteiger partial charge is 0.348 e. The molecule has 1 aromatic heterocycles. The second-order valence-corrected chi connectivity index (χ2v) is 9.16. The fourth-order valence-corrected chi connectivity index (χ4v) is 3.97. The van der Waals surface area contributed by atoms with Crippen molar-refractivity contribution in [1.29, 1.82) is 0 Å². The molecule has 0 saturated heterocycles. The van der Waals surface area contributed by atoms with Gasteiger partial charge in [-0.3, -0.25) is 14.7 Å². The Kier molecular flexibility index (Phi) is 9.15. The van der Waals surface area contributed by atoms with Crippen LogP contribution in [0.3, 0.4) is 0 Å². The second-order valence-electron chi connectivity index (χ2n) is 7.84. The van der Waals surface area contributed by atoms with Crippen LogP contribution in [0.2, 0.25) is 5.02 Å². The SMILES string of the molecule is CCC.CSc1ccc(CNC(=O)c2cnc3c(c2)CN(Cc2ccc(Cl)cc2)C3)cc1. The summed E-state index contributed by atoms with van der Waals surface area (Å²) < 4.78 is 0. The number of nitrogens with zero attached hydrogens (tertiary/aromatic N) is 2. The minimum absolute atomic E-state index is 0.0922. The molecule has 0 fully saturated rings. The Balaban J connectivity index is 0.000000913. The van der Waals surface area contributed by atoms with Gasteiger partial charge in [-0.2, -0.15) is 0 Å². The highest BCUT2D eigenvalue weighted by molar-refractivity contribution is 7.98. The van der Waals surface area contributed by atoms with Crippen molar-refractivity contribution < 1.29 is 4.79 Å². The lowest BCUT2D eigenvalue weighted by Gasteiger charge is -2.14. The van der Waals surface area contributed by atoms with Crippen molar-refractivity contribution in [3.63, 3.8) is 0 Å². The van der Waals surface area contributed by atoms with Crippen molar-refractivity contribution in [2.24, 2.45) is 0 Å². The minimum atomic E-state index is -0.0922. The fraction of sp³-hybridized carbons (Fsp3) is 0.308. The molecule has 0 unspecified atom stereocenters. The first-order chi connectivity index (χ1) is 15.5. The molecular formula is C26H30ClN3OS.